The van der Waals surface area contributed by atoms with Crippen LogP contribution in [0, 0.1) is 0 Å². The van der Waals surface area contributed by atoms with Crippen LogP contribution in [0.1, 0.15) is 36.8 Å². The fourth-order valence-electron chi connectivity index (χ4n) is 2.80. The van der Waals surface area contributed by atoms with E-state index in [4.69, 9.17) is 5.73 Å². The Morgan fingerprint density at radius 2 is 1.85 bits per heavy atom. The summed E-state index contributed by atoms with van der Waals surface area (Å²) >= 11 is 0. The molecule has 1 saturated heterocycles. The fourth-order valence-corrected chi connectivity index (χ4v) is 2.80. The second kappa shape index (κ2) is 7.77. The van der Waals surface area contributed by atoms with Gasteiger partial charge in [-0.2, -0.15) is 0 Å². The highest BCUT2D eigenvalue weighted by molar-refractivity contribution is 5.25. The molecule has 3 nitrogen and oxygen atoms in total. The zero-order valence-electron chi connectivity index (χ0n) is 13.0. The van der Waals surface area contributed by atoms with E-state index >= 15 is 0 Å². The van der Waals surface area contributed by atoms with Crippen molar-refractivity contribution in [3.63, 3.8) is 0 Å². The third kappa shape index (κ3) is 4.58. The largest absolute Gasteiger partial charge is 0.330 e. The number of nitrogens with zero attached hydrogens (tertiary/aromatic N) is 2. The van der Waals surface area contributed by atoms with E-state index in [1.165, 1.54) is 43.6 Å². The lowest BCUT2D eigenvalue weighted by molar-refractivity contribution is 0.252. The minimum absolute atomic E-state index is 0.456. The van der Waals surface area contributed by atoms with Gasteiger partial charge in [0, 0.05) is 19.6 Å². The summed E-state index contributed by atoms with van der Waals surface area (Å²) < 4.78 is 0. The summed E-state index contributed by atoms with van der Waals surface area (Å²) in [6, 6.07) is 8.93. The second-order valence-corrected chi connectivity index (χ2v) is 6.16. The number of nitrogens with two attached hydrogens (primary N) is 1. The van der Waals surface area contributed by atoms with Gasteiger partial charge < -0.3 is 15.5 Å². The minimum atomic E-state index is 0.456. The molecule has 2 N–H and O–H groups in total. The molecule has 112 valence electrons. The maximum atomic E-state index is 5.71. The molecule has 0 bridgehead atoms. The summed E-state index contributed by atoms with van der Waals surface area (Å²) in [4.78, 5) is 4.99. The lowest BCUT2D eigenvalue weighted by Crippen LogP contribution is -2.31. The lowest BCUT2D eigenvalue weighted by atomic mass is 10.00. The molecule has 1 aliphatic heterocycles. The third-order valence-corrected chi connectivity index (χ3v) is 4.35. The molecule has 20 heavy (non-hydrogen) atoms. The normalized spacial score (nSPS) is 17.8. The zero-order valence-corrected chi connectivity index (χ0v) is 13.0. The van der Waals surface area contributed by atoms with Gasteiger partial charge in [0.15, 0.2) is 0 Å². The molecular weight excluding hydrogens is 246 g/mol. The van der Waals surface area contributed by atoms with Crippen LogP contribution in [0.5, 0.6) is 0 Å². The van der Waals surface area contributed by atoms with Crippen molar-refractivity contribution in [2.45, 2.75) is 32.2 Å². The Morgan fingerprint density at radius 1 is 1.20 bits per heavy atom. The van der Waals surface area contributed by atoms with Gasteiger partial charge in [-0.25, -0.2) is 0 Å². The van der Waals surface area contributed by atoms with Crippen molar-refractivity contribution < 1.29 is 0 Å². The molecule has 0 amide bonds. The molecule has 0 aliphatic carbocycles. The van der Waals surface area contributed by atoms with Gasteiger partial charge >= 0.3 is 0 Å². The van der Waals surface area contributed by atoms with E-state index in [0.29, 0.717) is 5.92 Å². The van der Waals surface area contributed by atoms with E-state index in [1.807, 2.05) is 0 Å². The maximum absolute atomic E-state index is 5.71. The van der Waals surface area contributed by atoms with Crippen LogP contribution in [0.25, 0.3) is 0 Å². The van der Waals surface area contributed by atoms with Crippen molar-refractivity contribution >= 4 is 0 Å². The number of hydrogen-bond acceptors (Lipinski definition) is 3. The summed E-state index contributed by atoms with van der Waals surface area (Å²) in [7, 11) is 2.21. The summed E-state index contributed by atoms with van der Waals surface area (Å²) in [6.07, 6.45) is 2.76. The minimum Gasteiger partial charge on any atom is -0.330 e. The van der Waals surface area contributed by atoms with Gasteiger partial charge in [0.05, 0.1) is 0 Å². The molecule has 1 fully saturated rings. The SMILES string of the molecule is CC(CN)c1ccc(CN(C)CCN2CCCC2)cc1. The van der Waals surface area contributed by atoms with Gasteiger partial charge in [-0.05, 0) is 56.6 Å². The molecule has 3 heteroatoms. The van der Waals surface area contributed by atoms with Crippen molar-refractivity contribution in [2.75, 3.05) is 39.8 Å². The van der Waals surface area contributed by atoms with Crippen molar-refractivity contribution in [2.24, 2.45) is 5.73 Å². The number of likely N-dealkylation sites (N-methyl/N-ethyl adjacent to an activating group) is 1. The Kier molecular flexibility index (Phi) is 6.02. The van der Waals surface area contributed by atoms with Crippen molar-refractivity contribution in [3.05, 3.63) is 35.4 Å². The lowest BCUT2D eigenvalue weighted by Gasteiger charge is -2.21. The van der Waals surface area contributed by atoms with Crippen LogP contribution in [0.2, 0.25) is 0 Å². The Labute approximate surface area is 123 Å². The molecule has 0 saturated carbocycles. The topological polar surface area (TPSA) is 32.5 Å². The average Bonchev–Trinajstić information content (AvgIpc) is 2.98. The molecular formula is C17H29N3. The summed E-state index contributed by atoms with van der Waals surface area (Å²) in [5.41, 5.74) is 8.44. The van der Waals surface area contributed by atoms with Gasteiger partial charge in [0.25, 0.3) is 0 Å². The highest BCUT2D eigenvalue weighted by atomic mass is 15.2. The summed E-state index contributed by atoms with van der Waals surface area (Å²) in [5.74, 6) is 0.456. The summed E-state index contributed by atoms with van der Waals surface area (Å²) in [5, 5.41) is 0. The van der Waals surface area contributed by atoms with Gasteiger partial charge in [-0.15, -0.1) is 0 Å². The third-order valence-electron chi connectivity index (χ3n) is 4.35. The van der Waals surface area contributed by atoms with E-state index in [2.05, 4.69) is 48.0 Å². The summed E-state index contributed by atoms with van der Waals surface area (Å²) in [6.45, 7) is 8.87. The monoisotopic (exact) mass is 275 g/mol. The quantitative estimate of drug-likeness (QED) is 0.828. The fraction of sp³-hybridized carbons (Fsp3) is 0.647. The Morgan fingerprint density at radius 3 is 2.45 bits per heavy atom. The molecule has 1 unspecified atom stereocenters. The number of benzene rings is 1. The predicted molar refractivity (Wildman–Crippen MR) is 85.9 cm³/mol. The first-order valence-electron chi connectivity index (χ1n) is 7.89. The number of likely N-dealkylation sites (tertiary alicyclic amines) is 1. The van der Waals surface area contributed by atoms with E-state index in [0.717, 1.165) is 19.6 Å². The van der Waals surface area contributed by atoms with Crippen LogP contribution in [-0.4, -0.2) is 49.6 Å². The first-order chi connectivity index (χ1) is 9.69. The van der Waals surface area contributed by atoms with Crippen LogP contribution in [0.15, 0.2) is 24.3 Å². The zero-order chi connectivity index (χ0) is 14.4. The van der Waals surface area contributed by atoms with Crippen LogP contribution in [0.4, 0.5) is 0 Å². The van der Waals surface area contributed by atoms with Gasteiger partial charge in [0.1, 0.15) is 0 Å². The molecule has 1 atom stereocenters. The highest BCUT2D eigenvalue weighted by Crippen LogP contribution is 2.15. The second-order valence-electron chi connectivity index (χ2n) is 6.16. The first kappa shape index (κ1) is 15.5. The van der Waals surface area contributed by atoms with Gasteiger partial charge in [-0.3, -0.25) is 0 Å². The van der Waals surface area contributed by atoms with E-state index in [1.54, 1.807) is 0 Å². The highest BCUT2D eigenvalue weighted by Gasteiger charge is 2.11. The van der Waals surface area contributed by atoms with Crippen LogP contribution >= 0.6 is 0 Å². The Hall–Kier alpha value is -0.900. The van der Waals surface area contributed by atoms with E-state index < -0.39 is 0 Å². The van der Waals surface area contributed by atoms with Crippen molar-refractivity contribution in [1.82, 2.24) is 9.80 Å². The molecule has 0 radical (unpaired) electrons. The standard InChI is InChI=1S/C17H29N3/c1-15(13-18)17-7-5-16(6-8-17)14-19(2)11-12-20-9-3-4-10-20/h5-8,15H,3-4,9-14,18H2,1-2H3. The molecule has 1 aromatic carbocycles. The maximum Gasteiger partial charge on any atom is 0.0231 e. The van der Waals surface area contributed by atoms with Crippen LogP contribution in [-0.2, 0) is 6.54 Å². The number of rotatable bonds is 7. The molecule has 2 rings (SSSR count). The van der Waals surface area contributed by atoms with Crippen LogP contribution < -0.4 is 5.73 Å². The van der Waals surface area contributed by atoms with E-state index in [9.17, 15) is 0 Å². The Bertz CT molecular complexity index is 382. The van der Waals surface area contributed by atoms with E-state index in [-0.39, 0.29) is 0 Å². The van der Waals surface area contributed by atoms with Gasteiger partial charge in [0.2, 0.25) is 0 Å². The Balaban J connectivity index is 1.76. The van der Waals surface area contributed by atoms with Crippen molar-refractivity contribution in [3.8, 4) is 0 Å². The predicted octanol–water partition coefficient (Wildman–Crippen LogP) is 2.28. The van der Waals surface area contributed by atoms with Gasteiger partial charge in [-0.1, -0.05) is 31.2 Å². The molecule has 0 aromatic heterocycles. The van der Waals surface area contributed by atoms with Crippen molar-refractivity contribution in [1.29, 1.82) is 0 Å². The smallest absolute Gasteiger partial charge is 0.0231 e. The van der Waals surface area contributed by atoms with Crippen LogP contribution in [0.3, 0.4) is 0 Å². The number of hydrogen-bond donors (Lipinski definition) is 1. The molecule has 1 aliphatic rings. The molecule has 1 aromatic rings. The first-order valence-corrected chi connectivity index (χ1v) is 7.89. The molecule has 0 spiro atoms. The average molecular weight is 275 g/mol. The molecule has 1 heterocycles.